The van der Waals surface area contributed by atoms with E-state index in [0.717, 1.165) is 15.9 Å². The first kappa shape index (κ1) is 19.4. The van der Waals surface area contributed by atoms with Crippen LogP contribution < -0.4 is 9.22 Å². The van der Waals surface area contributed by atoms with E-state index in [9.17, 15) is 9.59 Å². The fourth-order valence-corrected chi connectivity index (χ4v) is 3.97. The predicted molar refractivity (Wildman–Crippen MR) is 91.6 cm³/mol. The number of Topliss-reactive ketones (excluding diaryl/α,β-unsaturated/α-hetero) is 1. The molecule has 0 bridgehead atoms. The topological polar surface area (TPSA) is 65.5 Å². The summed E-state index contributed by atoms with van der Waals surface area (Å²) in [5.74, 6) is 0.0780. The Morgan fingerprint density at radius 1 is 1.22 bits per heavy atom. The molecule has 0 spiro atoms. The van der Waals surface area contributed by atoms with Gasteiger partial charge in [-0.05, 0) is 0 Å². The summed E-state index contributed by atoms with van der Waals surface area (Å²) in [6.07, 6.45) is 1.06. The molecule has 0 amide bonds. The zero-order valence-corrected chi connectivity index (χ0v) is 16.2. The summed E-state index contributed by atoms with van der Waals surface area (Å²) in [5, 5.41) is 0. The monoisotopic (exact) mass is 381 g/mol. The van der Waals surface area contributed by atoms with Crippen molar-refractivity contribution in [2.24, 2.45) is 0 Å². The van der Waals surface area contributed by atoms with Gasteiger partial charge in [0.2, 0.25) is 0 Å². The molecular weight excluding hydrogens is 357 g/mol. The minimum atomic E-state index is -0.842. The molecule has 1 aromatic heterocycles. The van der Waals surface area contributed by atoms with Gasteiger partial charge in [-0.25, -0.2) is 0 Å². The molecule has 1 aromatic rings. The van der Waals surface area contributed by atoms with Crippen molar-refractivity contribution in [2.45, 2.75) is 40.5 Å². The number of esters is 1. The number of rotatable bonds is 9. The average molecular weight is 381 g/mol. The number of carbonyl (C=O) groups is 2. The van der Waals surface area contributed by atoms with Crippen LogP contribution in [0.5, 0.6) is 5.75 Å². The van der Waals surface area contributed by atoms with Crippen LogP contribution in [0.15, 0.2) is 22.6 Å². The zero-order chi connectivity index (χ0) is 17.2. The third-order valence-corrected chi connectivity index (χ3v) is 5.09. The number of hydrogen-bond donors (Lipinski definition) is 0. The van der Waals surface area contributed by atoms with Gasteiger partial charge in [0.1, 0.15) is 0 Å². The van der Waals surface area contributed by atoms with E-state index in [-0.39, 0.29) is 18.0 Å². The predicted octanol–water partition coefficient (Wildman–Crippen LogP) is 1.67. The molecular formula is C17H24AsNO4. The molecule has 0 aliphatic rings. The summed E-state index contributed by atoms with van der Waals surface area (Å²) in [6.45, 7) is 8.31. The van der Waals surface area contributed by atoms with Crippen LogP contribution in [-0.4, -0.2) is 45.7 Å². The number of hydrogen-bond acceptors (Lipinski definition) is 5. The number of nitrogens with zero attached hydrogens (tertiary/aromatic N) is 1. The summed E-state index contributed by atoms with van der Waals surface area (Å²) >= 11 is -0.842. The first-order valence-electron chi connectivity index (χ1n) is 7.80. The molecule has 0 radical (unpaired) electrons. The Labute approximate surface area is 144 Å². The number of pyridine rings is 1. The van der Waals surface area contributed by atoms with Crippen molar-refractivity contribution in [3.05, 3.63) is 28.3 Å². The van der Waals surface area contributed by atoms with Gasteiger partial charge in [0.25, 0.3) is 0 Å². The standard InChI is InChI=1S/C17H24AsNO4/c1-5-8-14(20)13(17(21)23-7-3)11-18-16-10-9-15(22-6-2)12(4)19-16/h9-11,18H,5-8H2,1-4H3. The van der Waals surface area contributed by atoms with Crippen molar-refractivity contribution in [1.82, 2.24) is 4.98 Å². The normalized spacial score (nSPS) is 11.7. The van der Waals surface area contributed by atoms with Crippen LogP contribution in [0.3, 0.4) is 0 Å². The summed E-state index contributed by atoms with van der Waals surface area (Å²) in [7, 11) is 0. The maximum absolute atomic E-state index is 12.1. The first-order chi connectivity index (χ1) is 11.0. The molecule has 0 fully saturated rings. The van der Waals surface area contributed by atoms with Crippen LogP contribution in [-0.2, 0) is 14.3 Å². The van der Waals surface area contributed by atoms with Crippen LogP contribution in [0, 0.1) is 6.92 Å². The quantitative estimate of drug-likeness (QED) is 0.214. The third-order valence-electron chi connectivity index (χ3n) is 2.97. The van der Waals surface area contributed by atoms with Gasteiger partial charge in [-0.2, -0.15) is 0 Å². The van der Waals surface area contributed by atoms with Crippen molar-refractivity contribution in [3.8, 4) is 5.75 Å². The van der Waals surface area contributed by atoms with Crippen LogP contribution >= 0.6 is 0 Å². The molecule has 1 rings (SSSR count). The number of aromatic nitrogens is 1. The number of ether oxygens (including phenoxy) is 2. The molecule has 0 aliphatic carbocycles. The Hall–Kier alpha value is -1.61. The Bertz CT molecular complexity index is 564. The van der Waals surface area contributed by atoms with Crippen LogP contribution in [0.1, 0.15) is 39.3 Å². The molecule has 0 aromatic carbocycles. The van der Waals surface area contributed by atoms with Gasteiger partial charge in [-0.1, -0.05) is 0 Å². The van der Waals surface area contributed by atoms with Crippen LogP contribution in [0.25, 0.3) is 0 Å². The van der Waals surface area contributed by atoms with E-state index in [0.29, 0.717) is 19.4 Å². The van der Waals surface area contributed by atoms with E-state index in [4.69, 9.17) is 9.47 Å². The molecule has 126 valence electrons. The summed E-state index contributed by atoms with van der Waals surface area (Å²) in [6, 6.07) is 3.78. The van der Waals surface area contributed by atoms with Gasteiger partial charge in [-0.15, -0.1) is 0 Å². The Balaban J connectivity index is 2.93. The van der Waals surface area contributed by atoms with Crippen LogP contribution in [0.2, 0.25) is 0 Å². The van der Waals surface area contributed by atoms with Gasteiger partial charge in [0.05, 0.1) is 0 Å². The van der Waals surface area contributed by atoms with Gasteiger partial charge in [0, 0.05) is 0 Å². The average Bonchev–Trinajstić information content (AvgIpc) is 2.51. The Morgan fingerprint density at radius 2 is 1.96 bits per heavy atom. The van der Waals surface area contributed by atoms with E-state index in [1.807, 2.05) is 32.9 Å². The van der Waals surface area contributed by atoms with Gasteiger partial charge in [-0.3, -0.25) is 0 Å². The fraction of sp³-hybridized carbons (Fsp3) is 0.471. The molecule has 5 nitrogen and oxygen atoms in total. The second kappa shape index (κ2) is 10.2. The van der Waals surface area contributed by atoms with E-state index in [1.165, 1.54) is 0 Å². The molecule has 0 saturated carbocycles. The first-order valence-corrected chi connectivity index (χ1v) is 10.1. The third kappa shape index (κ3) is 6.18. The summed E-state index contributed by atoms with van der Waals surface area (Å²) in [4.78, 5) is 30.3. The molecule has 1 unspecified atom stereocenters. The van der Waals surface area contributed by atoms with E-state index >= 15 is 0 Å². The van der Waals surface area contributed by atoms with E-state index < -0.39 is 21.7 Å². The maximum atomic E-state index is 12.1. The SMILES string of the molecule is CCCC(=O)C(=C[AsH]c1ccc(OCC)c(C)n1)C(=O)OCC. The molecule has 0 saturated heterocycles. The van der Waals surface area contributed by atoms with E-state index in [1.54, 1.807) is 11.8 Å². The Morgan fingerprint density at radius 3 is 2.52 bits per heavy atom. The second-order valence-electron chi connectivity index (χ2n) is 4.81. The zero-order valence-electron chi connectivity index (χ0n) is 14.1. The van der Waals surface area contributed by atoms with Crippen molar-refractivity contribution in [3.63, 3.8) is 0 Å². The summed E-state index contributed by atoms with van der Waals surface area (Å²) in [5.41, 5.74) is 0.987. The van der Waals surface area contributed by atoms with Crippen molar-refractivity contribution in [1.29, 1.82) is 0 Å². The summed E-state index contributed by atoms with van der Waals surface area (Å²) < 4.78 is 11.4. The molecule has 1 atom stereocenters. The van der Waals surface area contributed by atoms with Crippen molar-refractivity contribution in [2.75, 3.05) is 13.2 Å². The minimum absolute atomic E-state index is 0.155. The van der Waals surface area contributed by atoms with Crippen molar-refractivity contribution < 1.29 is 19.1 Å². The van der Waals surface area contributed by atoms with Crippen molar-refractivity contribution >= 4 is 32.0 Å². The second-order valence-corrected chi connectivity index (χ2v) is 7.10. The number of aryl methyl sites for hydroxylation is 1. The molecule has 23 heavy (non-hydrogen) atoms. The van der Waals surface area contributed by atoms with Gasteiger partial charge < -0.3 is 0 Å². The fourth-order valence-electron chi connectivity index (χ4n) is 1.91. The molecule has 6 heteroatoms. The van der Waals surface area contributed by atoms with Gasteiger partial charge in [0.15, 0.2) is 0 Å². The molecule has 0 aliphatic heterocycles. The van der Waals surface area contributed by atoms with E-state index in [2.05, 4.69) is 4.98 Å². The van der Waals surface area contributed by atoms with Crippen LogP contribution in [0.4, 0.5) is 0 Å². The number of carbonyl (C=O) groups excluding carboxylic acids is 2. The van der Waals surface area contributed by atoms with Gasteiger partial charge >= 0.3 is 144 Å². The molecule has 0 N–H and O–H groups in total. The Kier molecular flexibility index (Phi) is 8.63. The molecule has 1 heterocycles. The number of ketones is 1.